The molecule has 0 aliphatic carbocycles. The summed E-state index contributed by atoms with van der Waals surface area (Å²) >= 11 is 0. The molecule has 4 nitrogen and oxygen atoms in total. The van der Waals surface area contributed by atoms with Crippen LogP contribution in [0.2, 0.25) is 0 Å². The van der Waals surface area contributed by atoms with Crippen molar-refractivity contribution in [3.63, 3.8) is 0 Å². The Labute approximate surface area is 127 Å². The number of nitrogens with zero attached hydrogens (tertiary/aromatic N) is 2. The second-order valence-corrected chi connectivity index (χ2v) is 6.39. The van der Waals surface area contributed by atoms with E-state index in [1.807, 2.05) is 32.2 Å². The average molecular weight is 287 g/mol. The molecule has 2 aliphatic heterocycles. The molecule has 2 unspecified atom stereocenters. The monoisotopic (exact) mass is 287 g/mol. The van der Waals surface area contributed by atoms with Crippen molar-refractivity contribution in [1.29, 1.82) is 0 Å². The fourth-order valence-corrected chi connectivity index (χ4v) is 3.72. The maximum Gasteiger partial charge on any atom is 0.256 e. The first kappa shape index (κ1) is 14.4. The second kappa shape index (κ2) is 5.68. The molecule has 21 heavy (non-hydrogen) atoms. The Kier molecular flexibility index (Phi) is 3.89. The van der Waals surface area contributed by atoms with Crippen LogP contribution < -0.4 is 5.32 Å². The zero-order valence-corrected chi connectivity index (χ0v) is 13.2. The Bertz CT molecular complexity index is 543. The number of likely N-dealkylation sites (N-methyl/N-ethyl adjacent to an activating group) is 1. The molecule has 2 aliphatic rings. The number of benzene rings is 1. The van der Waals surface area contributed by atoms with E-state index in [1.54, 1.807) is 0 Å². The van der Waals surface area contributed by atoms with Gasteiger partial charge in [0.1, 0.15) is 0 Å². The first-order valence-electron chi connectivity index (χ1n) is 7.89. The molecule has 0 spiro atoms. The van der Waals surface area contributed by atoms with Gasteiger partial charge in [-0.3, -0.25) is 9.69 Å². The molecule has 0 aromatic heterocycles. The van der Waals surface area contributed by atoms with Crippen molar-refractivity contribution in [3.8, 4) is 0 Å². The molecule has 1 aromatic carbocycles. The predicted molar refractivity (Wildman–Crippen MR) is 85.8 cm³/mol. The average Bonchev–Trinajstić information content (AvgIpc) is 2.71. The highest BCUT2D eigenvalue weighted by molar-refractivity contribution is 5.99. The number of hydrogen-bond acceptors (Lipinski definition) is 3. The third-order valence-electron chi connectivity index (χ3n) is 5.11. The zero-order chi connectivity index (χ0) is 15.0. The number of likely N-dealkylation sites (tertiary alicyclic amines) is 1. The Morgan fingerprint density at radius 1 is 1.24 bits per heavy atom. The maximum absolute atomic E-state index is 12.9. The van der Waals surface area contributed by atoms with Gasteiger partial charge in [-0.15, -0.1) is 0 Å². The molecule has 2 heterocycles. The molecule has 0 saturated carbocycles. The van der Waals surface area contributed by atoms with E-state index in [0.717, 1.165) is 36.3 Å². The number of anilines is 1. The highest BCUT2D eigenvalue weighted by atomic mass is 16.2. The number of carbonyl (C=O) groups excluding carboxylic acids is 1. The third-order valence-corrected chi connectivity index (χ3v) is 5.11. The summed E-state index contributed by atoms with van der Waals surface area (Å²) in [5.74, 6) is 0.170. The van der Waals surface area contributed by atoms with E-state index in [0.29, 0.717) is 12.1 Å². The van der Waals surface area contributed by atoms with E-state index in [2.05, 4.69) is 22.2 Å². The van der Waals surface area contributed by atoms with Crippen LogP contribution in [-0.2, 0) is 0 Å². The number of hydrogen-bond donors (Lipinski definition) is 1. The molecular weight excluding hydrogens is 262 g/mol. The fraction of sp³-hybridized carbons (Fsp3) is 0.588. The number of nitrogens with one attached hydrogen (secondary N) is 1. The van der Waals surface area contributed by atoms with E-state index in [4.69, 9.17) is 0 Å². The van der Waals surface area contributed by atoms with E-state index >= 15 is 0 Å². The van der Waals surface area contributed by atoms with E-state index in [1.165, 1.54) is 12.8 Å². The molecule has 114 valence electrons. The first-order chi connectivity index (χ1) is 10.1. The van der Waals surface area contributed by atoms with Crippen molar-refractivity contribution in [2.75, 3.05) is 32.5 Å². The van der Waals surface area contributed by atoms with Crippen LogP contribution in [0.4, 0.5) is 5.69 Å². The number of aryl methyl sites for hydroxylation is 1. The highest BCUT2D eigenvalue weighted by Crippen LogP contribution is 2.29. The summed E-state index contributed by atoms with van der Waals surface area (Å²) in [6.45, 7) is 3.78. The molecular formula is C17H25N3O. The lowest BCUT2D eigenvalue weighted by molar-refractivity contribution is 0.0741. The normalized spacial score (nSPS) is 25.8. The van der Waals surface area contributed by atoms with Gasteiger partial charge >= 0.3 is 0 Å². The van der Waals surface area contributed by atoms with Gasteiger partial charge in [-0.05, 0) is 45.4 Å². The second-order valence-electron chi connectivity index (χ2n) is 6.39. The van der Waals surface area contributed by atoms with Crippen LogP contribution in [0.25, 0.3) is 0 Å². The van der Waals surface area contributed by atoms with Crippen molar-refractivity contribution in [3.05, 3.63) is 29.3 Å². The van der Waals surface area contributed by atoms with Crippen LogP contribution in [0, 0.1) is 6.92 Å². The van der Waals surface area contributed by atoms with Gasteiger partial charge in [0.25, 0.3) is 5.91 Å². The van der Waals surface area contributed by atoms with Crippen LogP contribution >= 0.6 is 0 Å². The van der Waals surface area contributed by atoms with Gasteiger partial charge in [-0.25, -0.2) is 0 Å². The number of carbonyl (C=O) groups is 1. The molecule has 4 heteroatoms. The lowest BCUT2D eigenvalue weighted by Crippen LogP contribution is -2.39. The first-order valence-corrected chi connectivity index (χ1v) is 7.89. The molecule has 2 saturated heterocycles. The summed E-state index contributed by atoms with van der Waals surface area (Å²) in [6, 6.07) is 7.24. The minimum Gasteiger partial charge on any atom is -0.387 e. The Hall–Kier alpha value is -1.55. The van der Waals surface area contributed by atoms with Gasteiger partial charge in [0.05, 0.1) is 5.56 Å². The van der Waals surface area contributed by atoms with Crippen molar-refractivity contribution in [2.24, 2.45) is 0 Å². The van der Waals surface area contributed by atoms with Crippen LogP contribution in [0.3, 0.4) is 0 Å². The van der Waals surface area contributed by atoms with E-state index in [9.17, 15) is 4.79 Å². The Balaban J connectivity index is 1.84. The fourth-order valence-electron chi connectivity index (χ4n) is 3.72. The molecule has 1 aromatic rings. The molecule has 2 bridgehead atoms. The lowest BCUT2D eigenvalue weighted by Gasteiger charge is -2.26. The Morgan fingerprint density at radius 2 is 2.00 bits per heavy atom. The van der Waals surface area contributed by atoms with Crippen molar-refractivity contribution >= 4 is 11.6 Å². The van der Waals surface area contributed by atoms with Gasteiger partial charge in [0.2, 0.25) is 0 Å². The summed E-state index contributed by atoms with van der Waals surface area (Å²) in [7, 11) is 4.08. The van der Waals surface area contributed by atoms with Gasteiger partial charge in [-0.2, -0.15) is 0 Å². The minimum atomic E-state index is 0.170. The van der Waals surface area contributed by atoms with Crippen molar-refractivity contribution in [2.45, 2.75) is 38.3 Å². The topological polar surface area (TPSA) is 35.6 Å². The van der Waals surface area contributed by atoms with Crippen LogP contribution in [-0.4, -0.2) is 55.0 Å². The quantitative estimate of drug-likeness (QED) is 0.907. The molecule has 3 rings (SSSR count). The maximum atomic E-state index is 12.9. The highest BCUT2D eigenvalue weighted by Gasteiger charge is 2.36. The predicted octanol–water partition coefficient (Wildman–Crippen LogP) is 2.35. The molecule has 1 N–H and O–H groups in total. The number of amides is 1. The summed E-state index contributed by atoms with van der Waals surface area (Å²) < 4.78 is 0. The van der Waals surface area contributed by atoms with E-state index in [-0.39, 0.29) is 5.91 Å². The molecule has 2 fully saturated rings. The third kappa shape index (κ3) is 2.64. The van der Waals surface area contributed by atoms with Gasteiger partial charge in [0.15, 0.2) is 0 Å². The van der Waals surface area contributed by atoms with Crippen LogP contribution in [0.1, 0.15) is 35.2 Å². The molecule has 0 radical (unpaired) electrons. The lowest BCUT2D eigenvalue weighted by atomic mass is 10.0. The molecule has 2 atom stereocenters. The summed E-state index contributed by atoms with van der Waals surface area (Å²) in [6.07, 6.45) is 3.60. The van der Waals surface area contributed by atoms with Crippen LogP contribution in [0.15, 0.2) is 18.2 Å². The van der Waals surface area contributed by atoms with Gasteiger partial charge < -0.3 is 10.2 Å². The smallest absolute Gasteiger partial charge is 0.256 e. The van der Waals surface area contributed by atoms with Crippen molar-refractivity contribution in [1.82, 2.24) is 9.80 Å². The standard InChI is InChI=1S/C17H25N3O/c1-12-4-7-16(18-2)15(10-12)17(21)20-9-8-13-5-6-14(11-20)19(13)3/h4,7,10,13-14,18H,5-6,8-9,11H2,1-3H3. The van der Waals surface area contributed by atoms with E-state index < -0.39 is 0 Å². The Morgan fingerprint density at radius 3 is 2.76 bits per heavy atom. The molecule has 1 amide bonds. The summed E-state index contributed by atoms with van der Waals surface area (Å²) in [5, 5.41) is 3.14. The number of fused-ring (bicyclic) bond motifs is 2. The SMILES string of the molecule is CNc1ccc(C)cc1C(=O)N1CCC2CCC(C1)N2C. The number of rotatable bonds is 2. The van der Waals surface area contributed by atoms with Gasteiger partial charge in [-0.1, -0.05) is 11.6 Å². The summed E-state index contributed by atoms with van der Waals surface area (Å²) in [4.78, 5) is 17.5. The van der Waals surface area contributed by atoms with Gasteiger partial charge in [0, 0.05) is 37.9 Å². The van der Waals surface area contributed by atoms with Crippen LogP contribution in [0.5, 0.6) is 0 Å². The largest absolute Gasteiger partial charge is 0.387 e. The summed E-state index contributed by atoms with van der Waals surface area (Å²) in [5.41, 5.74) is 2.86. The van der Waals surface area contributed by atoms with Crippen molar-refractivity contribution < 1.29 is 4.79 Å². The minimum absolute atomic E-state index is 0.170. The zero-order valence-electron chi connectivity index (χ0n) is 13.2.